The number of nitrogens with one attached hydrogen (secondary N) is 2. The molecule has 1 heterocycles. The maximum atomic E-state index is 11.2. The van der Waals surface area contributed by atoms with E-state index in [4.69, 9.17) is 10.5 Å². The SMILES string of the molecule is NCCNC(=O)CCOC1CCNCC1. The van der Waals surface area contributed by atoms with Crippen LogP contribution in [0.15, 0.2) is 0 Å². The van der Waals surface area contributed by atoms with Crippen molar-refractivity contribution in [1.82, 2.24) is 10.6 Å². The summed E-state index contributed by atoms with van der Waals surface area (Å²) < 4.78 is 5.60. The van der Waals surface area contributed by atoms with Crippen LogP contribution in [-0.4, -0.2) is 44.8 Å². The van der Waals surface area contributed by atoms with Crippen LogP contribution in [0.25, 0.3) is 0 Å². The highest BCUT2D eigenvalue weighted by molar-refractivity contribution is 5.75. The molecule has 0 saturated carbocycles. The minimum absolute atomic E-state index is 0.0226. The first-order chi connectivity index (χ1) is 7.33. The van der Waals surface area contributed by atoms with Crippen molar-refractivity contribution in [2.75, 3.05) is 32.8 Å². The molecule has 1 saturated heterocycles. The molecule has 0 bridgehead atoms. The molecular formula is C10H21N3O2. The quantitative estimate of drug-likeness (QED) is 0.543. The molecule has 0 aromatic heterocycles. The molecule has 15 heavy (non-hydrogen) atoms. The lowest BCUT2D eigenvalue weighted by molar-refractivity contribution is -0.122. The van der Waals surface area contributed by atoms with Gasteiger partial charge >= 0.3 is 0 Å². The Hall–Kier alpha value is -0.650. The molecule has 0 spiro atoms. The van der Waals surface area contributed by atoms with Crippen molar-refractivity contribution in [2.45, 2.75) is 25.4 Å². The van der Waals surface area contributed by atoms with Crippen LogP contribution in [0.5, 0.6) is 0 Å². The van der Waals surface area contributed by atoms with E-state index in [1.165, 1.54) is 0 Å². The summed E-state index contributed by atoms with van der Waals surface area (Å²) in [4.78, 5) is 11.2. The summed E-state index contributed by atoms with van der Waals surface area (Å²) in [6, 6.07) is 0. The third-order valence-electron chi connectivity index (χ3n) is 2.44. The molecular weight excluding hydrogens is 194 g/mol. The Morgan fingerprint density at radius 1 is 1.47 bits per heavy atom. The van der Waals surface area contributed by atoms with Crippen molar-refractivity contribution >= 4 is 5.91 Å². The van der Waals surface area contributed by atoms with Gasteiger partial charge in [-0.25, -0.2) is 0 Å². The van der Waals surface area contributed by atoms with E-state index in [2.05, 4.69) is 10.6 Å². The van der Waals surface area contributed by atoms with Crippen LogP contribution in [0.1, 0.15) is 19.3 Å². The summed E-state index contributed by atoms with van der Waals surface area (Å²) >= 11 is 0. The highest BCUT2D eigenvalue weighted by Gasteiger charge is 2.13. The Bertz CT molecular complexity index is 182. The van der Waals surface area contributed by atoms with Crippen LogP contribution < -0.4 is 16.4 Å². The van der Waals surface area contributed by atoms with Gasteiger partial charge in [-0.15, -0.1) is 0 Å². The first-order valence-electron chi connectivity index (χ1n) is 5.62. The number of carbonyl (C=O) groups is 1. The van der Waals surface area contributed by atoms with Gasteiger partial charge in [0.2, 0.25) is 5.91 Å². The fraction of sp³-hybridized carbons (Fsp3) is 0.900. The third kappa shape index (κ3) is 5.71. The van der Waals surface area contributed by atoms with E-state index in [0.29, 0.717) is 32.2 Å². The van der Waals surface area contributed by atoms with Gasteiger partial charge in [0.05, 0.1) is 12.7 Å². The summed E-state index contributed by atoms with van der Waals surface area (Å²) in [7, 11) is 0. The van der Waals surface area contributed by atoms with E-state index >= 15 is 0 Å². The predicted octanol–water partition coefficient (Wildman–Crippen LogP) is -0.780. The van der Waals surface area contributed by atoms with Crippen LogP contribution in [0.2, 0.25) is 0 Å². The van der Waals surface area contributed by atoms with Crippen LogP contribution in [0.4, 0.5) is 0 Å². The number of nitrogens with two attached hydrogens (primary N) is 1. The number of piperidine rings is 1. The lowest BCUT2D eigenvalue weighted by atomic mass is 10.1. The number of ether oxygens (including phenoxy) is 1. The first kappa shape index (κ1) is 12.4. The second-order valence-corrected chi connectivity index (χ2v) is 3.71. The van der Waals surface area contributed by atoms with Gasteiger partial charge in [0, 0.05) is 19.5 Å². The molecule has 5 heteroatoms. The lowest BCUT2D eigenvalue weighted by Gasteiger charge is -2.22. The highest BCUT2D eigenvalue weighted by Crippen LogP contribution is 2.07. The number of rotatable bonds is 6. The van der Waals surface area contributed by atoms with Gasteiger partial charge in [0.15, 0.2) is 0 Å². The van der Waals surface area contributed by atoms with Gasteiger partial charge in [-0.05, 0) is 25.9 Å². The predicted molar refractivity (Wildman–Crippen MR) is 58.5 cm³/mol. The van der Waals surface area contributed by atoms with Crippen molar-refractivity contribution in [3.8, 4) is 0 Å². The van der Waals surface area contributed by atoms with E-state index in [1.54, 1.807) is 0 Å². The average molecular weight is 215 g/mol. The van der Waals surface area contributed by atoms with Crippen molar-refractivity contribution in [1.29, 1.82) is 0 Å². The topological polar surface area (TPSA) is 76.4 Å². The van der Waals surface area contributed by atoms with Crippen LogP contribution in [-0.2, 0) is 9.53 Å². The number of hydrogen-bond acceptors (Lipinski definition) is 4. The molecule has 1 fully saturated rings. The summed E-state index contributed by atoms with van der Waals surface area (Å²) in [5.74, 6) is 0.0226. The van der Waals surface area contributed by atoms with Gasteiger partial charge in [-0.2, -0.15) is 0 Å². The second-order valence-electron chi connectivity index (χ2n) is 3.71. The Morgan fingerprint density at radius 3 is 2.87 bits per heavy atom. The van der Waals surface area contributed by atoms with Gasteiger partial charge in [-0.3, -0.25) is 4.79 Å². The summed E-state index contributed by atoms with van der Waals surface area (Å²) in [5, 5.41) is 5.98. The summed E-state index contributed by atoms with van der Waals surface area (Å²) in [6.07, 6.45) is 2.85. The fourth-order valence-corrected chi connectivity index (χ4v) is 1.58. The fourth-order valence-electron chi connectivity index (χ4n) is 1.58. The number of carbonyl (C=O) groups excluding carboxylic acids is 1. The molecule has 1 aliphatic rings. The zero-order chi connectivity index (χ0) is 10.9. The van der Waals surface area contributed by atoms with Crippen molar-refractivity contribution in [2.24, 2.45) is 5.73 Å². The van der Waals surface area contributed by atoms with E-state index in [9.17, 15) is 4.79 Å². The molecule has 5 nitrogen and oxygen atoms in total. The van der Waals surface area contributed by atoms with E-state index in [0.717, 1.165) is 25.9 Å². The van der Waals surface area contributed by atoms with Crippen LogP contribution in [0.3, 0.4) is 0 Å². The number of amides is 1. The van der Waals surface area contributed by atoms with Gasteiger partial charge in [-0.1, -0.05) is 0 Å². The minimum Gasteiger partial charge on any atom is -0.378 e. The summed E-state index contributed by atoms with van der Waals surface area (Å²) in [6.45, 7) is 3.59. The van der Waals surface area contributed by atoms with E-state index in [1.807, 2.05) is 0 Å². The molecule has 0 unspecified atom stereocenters. The van der Waals surface area contributed by atoms with Crippen molar-refractivity contribution in [3.63, 3.8) is 0 Å². The van der Waals surface area contributed by atoms with Gasteiger partial charge < -0.3 is 21.1 Å². The molecule has 1 aliphatic heterocycles. The van der Waals surface area contributed by atoms with Crippen LogP contribution >= 0.6 is 0 Å². The zero-order valence-corrected chi connectivity index (χ0v) is 9.13. The first-order valence-corrected chi connectivity index (χ1v) is 5.62. The Labute approximate surface area is 90.7 Å². The average Bonchev–Trinajstić information content (AvgIpc) is 2.28. The van der Waals surface area contributed by atoms with E-state index in [-0.39, 0.29) is 5.91 Å². The molecule has 4 N–H and O–H groups in total. The molecule has 0 aliphatic carbocycles. The van der Waals surface area contributed by atoms with E-state index < -0.39 is 0 Å². The molecule has 0 radical (unpaired) electrons. The molecule has 0 aromatic rings. The standard InChI is InChI=1S/C10H21N3O2/c11-4-7-13-10(14)3-8-15-9-1-5-12-6-2-9/h9,12H,1-8,11H2,(H,13,14). The molecule has 0 aromatic carbocycles. The monoisotopic (exact) mass is 215 g/mol. The Kier molecular flexibility index (Phi) is 6.31. The third-order valence-corrected chi connectivity index (χ3v) is 2.44. The summed E-state index contributed by atoms with van der Waals surface area (Å²) in [5.41, 5.74) is 5.27. The molecule has 1 amide bonds. The zero-order valence-electron chi connectivity index (χ0n) is 9.13. The smallest absolute Gasteiger partial charge is 0.222 e. The maximum absolute atomic E-state index is 11.2. The lowest BCUT2D eigenvalue weighted by Crippen LogP contribution is -2.34. The Morgan fingerprint density at radius 2 is 2.20 bits per heavy atom. The highest BCUT2D eigenvalue weighted by atomic mass is 16.5. The number of hydrogen-bond donors (Lipinski definition) is 3. The largest absolute Gasteiger partial charge is 0.378 e. The molecule has 0 atom stereocenters. The van der Waals surface area contributed by atoms with Crippen LogP contribution in [0, 0.1) is 0 Å². The molecule has 1 rings (SSSR count). The minimum atomic E-state index is 0.0226. The Balaban J connectivity index is 1.97. The van der Waals surface area contributed by atoms with Gasteiger partial charge in [0.1, 0.15) is 0 Å². The molecule has 88 valence electrons. The van der Waals surface area contributed by atoms with Crippen molar-refractivity contribution in [3.05, 3.63) is 0 Å². The second kappa shape index (κ2) is 7.62. The normalized spacial score (nSPS) is 17.7. The van der Waals surface area contributed by atoms with Crippen molar-refractivity contribution < 1.29 is 9.53 Å². The van der Waals surface area contributed by atoms with Gasteiger partial charge in [0.25, 0.3) is 0 Å². The maximum Gasteiger partial charge on any atom is 0.222 e.